The summed E-state index contributed by atoms with van der Waals surface area (Å²) in [6.07, 6.45) is -0.0888. The van der Waals surface area contributed by atoms with Gasteiger partial charge >= 0.3 is 0 Å². The number of hydrogen-bond acceptors (Lipinski definition) is 4. The van der Waals surface area contributed by atoms with Crippen LogP contribution in [-0.2, 0) is 6.61 Å². The second-order valence-corrected chi connectivity index (χ2v) is 7.97. The largest absolute Gasteiger partial charge is 0.489 e. The summed E-state index contributed by atoms with van der Waals surface area (Å²) in [6.45, 7) is 0.484. The van der Waals surface area contributed by atoms with E-state index in [0.717, 1.165) is 16.9 Å². The Bertz CT molecular complexity index is 1180. The van der Waals surface area contributed by atoms with Gasteiger partial charge in [0.2, 0.25) is 6.29 Å². The first-order valence-corrected chi connectivity index (χ1v) is 11.0. The number of rotatable bonds is 8. The Hall–Kier alpha value is -4.05. The van der Waals surface area contributed by atoms with Crippen molar-refractivity contribution in [1.82, 2.24) is 0 Å². The first-order chi connectivity index (χ1) is 16.3. The van der Waals surface area contributed by atoms with E-state index >= 15 is 0 Å². The normalized spacial score (nSPS) is 13.5. The van der Waals surface area contributed by atoms with Gasteiger partial charge in [0, 0.05) is 12.0 Å². The number of hydrogen-bond donors (Lipinski definition) is 0. The van der Waals surface area contributed by atoms with Gasteiger partial charge in [0.1, 0.15) is 12.4 Å². The van der Waals surface area contributed by atoms with Gasteiger partial charge in [-0.1, -0.05) is 72.8 Å². The molecule has 0 amide bonds. The van der Waals surface area contributed by atoms with E-state index in [1.165, 1.54) is 0 Å². The van der Waals surface area contributed by atoms with E-state index in [0.29, 0.717) is 30.1 Å². The molecule has 33 heavy (non-hydrogen) atoms. The number of ether oxygens (including phenoxy) is 3. The molecule has 4 heteroatoms. The number of Topliss-reactive ketones (excluding diaryl/α,β-unsaturated/α-hetero) is 1. The van der Waals surface area contributed by atoms with Crippen molar-refractivity contribution in [3.63, 3.8) is 0 Å². The van der Waals surface area contributed by atoms with Crippen LogP contribution in [0.15, 0.2) is 109 Å². The number of para-hydroxylation sites is 2. The van der Waals surface area contributed by atoms with Crippen LogP contribution in [0.4, 0.5) is 0 Å². The van der Waals surface area contributed by atoms with E-state index in [1.807, 2.05) is 109 Å². The minimum Gasteiger partial charge on any atom is -0.489 e. The third-order valence-corrected chi connectivity index (χ3v) is 5.70. The second kappa shape index (κ2) is 9.61. The van der Waals surface area contributed by atoms with Crippen LogP contribution < -0.4 is 14.2 Å². The van der Waals surface area contributed by atoms with Crippen LogP contribution in [0.25, 0.3) is 0 Å². The van der Waals surface area contributed by atoms with E-state index in [2.05, 4.69) is 0 Å². The highest BCUT2D eigenvalue weighted by atomic mass is 16.7. The van der Waals surface area contributed by atoms with Crippen molar-refractivity contribution in [3.05, 3.63) is 126 Å². The molecular weight excluding hydrogens is 412 g/mol. The molecule has 0 aromatic heterocycles. The lowest BCUT2D eigenvalue weighted by Crippen LogP contribution is -2.25. The van der Waals surface area contributed by atoms with Crippen molar-refractivity contribution >= 4 is 5.78 Å². The molecule has 1 aliphatic rings. The fourth-order valence-electron chi connectivity index (χ4n) is 3.98. The topological polar surface area (TPSA) is 44.8 Å². The average Bonchev–Trinajstić information content (AvgIpc) is 3.30. The van der Waals surface area contributed by atoms with Gasteiger partial charge < -0.3 is 14.2 Å². The molecule has 1 atom stereocenters. The highest BCUT2D eigenvalue weighted by Crippen LogP contribution is 2.38. The molecule has 5 rings (SSSR count). The van der Waals surface area contributed by atoms with Gasteiger partial charge in [-0.3, -0.25) is 4.79 Å². The maximum absolute atomic E-state index is 13.5. The van der Waals surface area contributed by atoms with E-state index in [4.69, 9.17) is 14.2 Å². The minimum absolute atomic E-state index is 0.0268. The molecular formula is C29H24O4. The fraction of sp³-hybridized carbons (Fsp3) is 0.138. The number of ketones is 1. The predicted octanol–water partition coefficient (Wildman–Crippen LogP) is 6.42. The van der Waals surface area contributed by atoms with Crippen molar-refractivity contribution in [2.45, 2.75) is 25.2 Å². The van der Waals surface area contributed by atoms with E-state index in [1.54, 1.807) is 0 Å². The van der Waals surface area contributed by atoms with E-state index in [-0.39, 0.29) is 11.7 Å². The van der Waals surface area contributed by atoms with Gasteiger partial charge in [0.05, 0.1) is 5.92 Å². The molecule has 0 radical (unpaired) electrons. The van der Waals surface area contributed by atoms with E-state index in [9.17, 15) is 4.79 Å². The van der Waals surface area contributed by atoms with Crippen LogP contribution in [-0.4, -0.2) is 12.1 Å². The van der Waals surface area contributed by atoms with Crippen LogP contribution in [0.2, 0.25) is 0 Å². The Labute approximate surface area is 193 Å². The molecule has 4 aromatic rings. The summed E-state index contributed by atoms with van der Waals surface area (Å²) in [4.78, 5) is 13.5. The molecule has 0 fully saturated rings. The molecule has 4 aromatic carbocycles. The molecule has 0 N–H and O–H groups in total. The molecule has 1 aliphatic heterocycles. The molecule has 0 saturated carbocycles. The Morgan fingerprint density at radius 2 is 1.30 bits per heavy atom. The third-order valence-electron chi connectivity index (χ3n) is 5.70. The Morgan fingerprint density at radius 1 is 0.727 bits per heavy atom. The predicted molar refractivity (Wildman–Crippen MR) is 127 cm³/mol. The van der Waals surface area contributed by atoms with Gasteiger partial charge in [0.25, 0.3) is 0 Å². The zero-order chi connectivity index (χ0) is 22.5. The standard InChI is InChI=1S/C29H24O4/c30-29(23-15-17-24(18-16-23)31-20-21-9-3-1-4-10-21)25(22-11-5-2-6-12-22)19-28-32-26-13-7-8-14-27(26)33-28/h1-18,25,28H,19-20H2. The van der Waals surface area contributed by atoms with Crippen LogP contribution in [0.3, 0.4) is 0 Å². The fourth-order valence-corrected chi connectivity index (χ4v) is 3.98. The first kappa shape index (κ1) is 20.8. The number of fused-ring (bicyclic) bond motifs is 1. The maximum Gasteiger partial charge on any atom is 0.242 e. The number of carbonyl (C=O) groups excluding carboxylic acids is 1. The highest BCUT2D eigenvalue weighted by Gasteiger charge is 2.31. The summed E-state index contributed by atoms with van der Waals surface area (Å²) in [5.74, 6) is 1.79. The van der Waals surface area contributed by atoms with Crippen LogP contribution in [0.5, 0.6) is 17.2 Å². The summed E-state index contributed by atoms with van der Waals surface area (Å²) in [5.41, 5.74) is 2.67. The van der Waals surface area contributed by atoms with Gasteiger partial charge in [-0.05, 0) is 47.5 Å². The van der Waals surface area contributed by atoms with Gasteiger partial charge in [-0.25, -0.2) is 0 Å². The maximum atomic E-state index is 13.5. The minimum atomic E-state index is -0.509. The Balaban J connectivity index is 1.31. The van der Waals surface area contributed by atoms with Crippen LogP contribution in [0, 0.1) is 0 Å². The first-order valence-electron chi connectivity index (χ1n) is 11.0. The molecule has 0 spiro atoms. The molecule has 164 valence electrons. The zero-order valence-electron chi connectivity index (χ0n) is 18.1. The second-order valence-electron chi connectivity index (χ2n) is 7.97. The van der Waals surface area contributed by atoms with Crippen molar-refractivity contribution < 1.29 is 19.0 Å². The Morgan fingerprint density at radius 3 is 1.94 bits per heavy atom. The summed E-state index contributed by atoms with van der Waals surface area (Å²) in [7, 11) is 0. The van der Waals surface area contributed by atoms with Gasteiger partial charge in [0.15, 0.2) is 17.3 Å². The van der Waals surface area contributed by atoms with Crippen LogP contribution >= 0.6 is 0 Å². The van der Waals surface area contributed by atoms with Gasteiger partial charge in [-0.2, -0.15) is 0 Å². The molecule has 1 heterocycles. The number of carbonyl (C=O) groups is 1. The van der Waals surface area contributed by atoms with Crippen molar-refractivity contribution in [3.8, 4) is 17.2 Å². The molecule has 0 bridgehead atoms. The SMILES string of the molecule is O=C(c1ccc(OCc2ccccc2)cc1)C(CC1Oc2ccccc2O1)c1ccccc1. The lowest BCUT2D eigenvalue weighted by molar-refractivity contribution is 0.0341. The third kappa shape index (κ3) is 4.90. The van der Waals surface area contributed by atoms with Crippen LogP contribution in [0.1, 0.15) is 33.8 Å². The zero-order valence-corrected chi connectivity index (χ0v) is 18.1. The van der Waals surface area contributed by atoms with E-state index < -0.39 is 6.29 Å². The summed E-state index contributed by atoms with van der Waals surface area (Å²) in [5, 5.41) is 0. The smallest absolute Gasteiger partial charge is 0.242 e. The average molecular weight is 437 g/mol. The lowest BCUT2D eigenvalue weighted by Gasteiger charge is -2.20. The molecule has 1 unspecified atom stereocenters. The monoisotopic (exact) mass is 436 g/mol. The quantitative estimate of drug-likeness (QED) is 0.299. The van der Waals surface area contributed by atoms with Crippen molar-refractivity contribution in [1.29, 1.82) is 0 Å². The molecule has 0 saturated heterocycles. The Kier molecular flexibility index (Phi) is 6.07. The highest BCUT2D eigenvalue weighted by molar-refractivity contribution is 6.01. The summed E-state index contributed by atoms with van der Waals surface area (Å²) < 4.78 is 17.8. The number of benzene rings is 4. The lowest BCUT2D eigenvalue weighted by atomic mass is 9.88. The molecule has 0 aliphatic carbocycles. The van der Waals surface area contributed by atoms with Crippen molar-refractivity contribution in [2.24, 2.45) is 0 Å². The molecule has 4 nitrogen and oxygen atoms in total. The summed E-state index contributed by atoms with van der Waals surface area (Å²) >= 11 is 0. The summed E-state index contributed by atoms with van der Waals surface area (Å²) in [6, 6.07) is 34.7. The van der Waals surface area contributed by atoms with Crippen molar-refractivity contribution in [2.75, 3.05) is 0 Å². The van der Waals surface area contributed by atoms with Gasteiger partial charge in [-0.15, -0.1) is 0 Å².